The molecule has 0 heterocycles. The van der Waals surface area contributed by atoms with Gasteiger partial charge < -0.3 is 10.1 Å². The van der Waals surface area contributed by atoms with Crippen molar-refractivity contribution in [2.75, 3.05) is 13.2 Å². The number of likely N-dealkylation sites (N-methyl/N-ethyl adjacent to an activating group) is 1. The first kappa shape index (κ1) is 18.6. The van der Waals surface area contributed by atoms with Crippen LogP contribution in [0.5, 0.6) is 0 Å². The predicted octanol–water partition coefficient (Wildman–Crippen LogP) is 4.70. The minimum atomic E-state index is -0.212. The largest absolute Gasteiger partial charge is 0.374 e. The Morgan fingerprint density at radius 2 is 1.90 bits per heavy atom. The molecule has 0 saturated carbocycles. The van der Waals surface area contributed by atoms with Gasteiger partial charge in [0.15, 0.2) is 0 Å². The first-order valence-electron chi connectivity index (χ1n) is 7.84. The van der Waals surface area contributed by atoms with Gasteiger partial charge in [0.1, 0.15) is 5.82 Å². The van der Waals surface area contributed by atoms with E-state index >= 15 is 0 Å². The predicted molar refractivity (Wildman–Crippen MR) is 90.2 cm³/mol. The first-order valence-corrected chi connectivity index (χ1v) is 8.63. The van der Waals surface area contributed by atoms with Crippen LogP contribution in [0.4, 0.5) is 4.39 Å². The molecule has 2 nitrogen and oxygen atoms in total. The fourth-order valence-corrected chi connectivity index (χ4v) is 3.35. The molecule has 1 atom stereocenters. The molecule has 1 aromatic rings. The highest BCUT2D eigenvalue weighted by Crippen LogP contribution is 2.29. The number of hydrogen-bond donors (Lipinski definition) is 1. The van der Waals surface area contributed by atoms with Gasteiger partial charge >= 0.3 is 0 Å². The summed E-state index contributed by atoms with van der Waals surface area (Å²) in [7, 11) is 0. The van der Waals surface area contributed by atoms with E-state index in [4.69, 9.17) is 4.74 Å². The topological polar surface area (TPSA) is 21.3 Å². The highest BCUT2D eigenvalue weighted by molar-refractivity contribution is 9.10. The van der Waals surface area contributed by atoms with Crippen molar-refractivity contribution >= 4 is 15.9 Å². The maximum atomic E-state index is 13.5. The molecule has 4 heteroatoms. The van der Waals surface area contributed by atoms with Crippen molar-refractivity contribution in [3.05, 3.63) is 34.1 Å². The van der Waals surface area contributed by atoms with E-state index in [9.17, 15) is 4.39 Å². The lowest BCUT2D eigenvalue weighted by molar-refractivity contribution is -0.0716. The third-order valence-electron chi connectivity index (χ3n) is 4.15. The summed E-state index contributed by atoms with van der Waals surface area (Å²) in [6.45, 7) is 9.99. The van der Waals surface area contributed by atoms with Crippen molar-refractivity contribution < 1.29 is 9.13 Å². The van der Waals surface area contributed by atoms with Crippen molar-refractivity contribution in [1.29, 1.82) is 0 Å². The van der Waals surface area contributed by atoms with Crippen LogP contribution in [0.1, 0.15) is 46.1 Å². The smallest absolute Gasteiger partial charge is 0.123 e. The Bertz CT molecular complexity index is 435. The number of halogens is 2. The SMILES string of the molecule is CCNC(Cc1cc(F)ccc1Br)C(CC)(CC)OCC. The summed E-state index contributed by atoms with van der Waals surface area (Å²) in [6.07, 6.45) is 2.61. The van der Waals surface area contributed by atoms with Gasteiger partial charge in [0.2, 0.25) is 0 Å². The Kier molecular flexibility index (Phi) is 7.85. The molecule has 0 aromatic heterocycles. The second kappa shape index (κ2) is 8.86. The minimum Gasteiger partial charge on any atom is -0.374 e. The molecule has 0 aliphatic carbocycles. The molecule has 0 radical (unpaired) electrons. The Morgan fingerprint density at radius 3 is 2.43 bits per heavy atom. The zero-order valence-corrected chi connectivity index (χ0v) is 15.1. The summed E-state index contributed by atoms with van der Waals surface area (Å²) < 4.78 is 20.6. The second-order valence-electron chi connectivity index (χ2n) is 5.26. The maximum Gasteiger partial charge on any atom is 0.123 e. The van der Waals surface area contributed by atoms with Crippen LogP contribution in [-0.2, 0) is 11.2 Å². The zero-order chi connectivity index (χ0) is 15.9. The maximum absolute atomic E-state index is 13.5. The third-order valence-corrected chi connectivity index (χ3v) is 4.92. The summed E-state index contributed by atoms with van der Waals surface area (Å²) in [5.74, 6) is -0.196. The lowest BCUT2D eigenvalue weighted by Crippen LogP contribution is -2.53. The molecule has 0 amide bonds. The van der Waals surface area contributed by atoms with E-state index in [0.717, 1.165) is 35.8 Å². The molecule has 21 heavy (non-hydrogen) atoms. The molecule has 1 aromatic carbocycles. The van der Waals surface area contributed by atoms with Gasteiger partial charge in [-0.2, -0.15) is 0 Å². The number of nitrogens with one attached hydrogen (secondary N) is 1. The van der Waals surface area contributed by atoms with Crippen LogP contribution in [0, 0.1) is 5.82 Å². The van der Waals surface area contributed by atoms with Crippen LogP contribution in [-0.4, -0.2) is 24.8 Å². The standard InChI is InChI=1S/C17H27BrFNO/c1-5-17(6-2,21-8-4)16(20-7-3)12-13-11-14(19)9-10-15(13)18/h9-11,16,20H,5-8,12H2,1-4H3. The van der Waals surface area contributed by atoms with Crippen molar-refractivity contribution in [3.8, 4) is 0 Å². The van der Waals surface area contributed by atoms with E-state index in [-0.39, 0.29) is 17.5 Å². The van der Waals surface area contributed by atoms with Gasteiger partial charge in [-0.3, -0.25) is 0 Å². The van der Waals surface area contributed by atoms with Crippen LogP contribution in [0.3, 0.4) is 0 Å². The van der Waals surface area contributed by atoms with Crippen LogP contribution in [0.25, 0.3) is 0 Å². The summed E-state index contributed by atoms with van der Waals surface area (Å²) in [6, 6.07) is 5.02. The summed E-state index contributed by atoms with van der Waals surface area (Å²) in [4.78, 5) is 0. The molecule has 0 aliphatic heterocycles. The first-order chi connectivity index (χ1) is 10.0. The number of hydrogen-bond acceptors (Lipinski definition) is 2. The molecule has 0 saturated heterocycles. The molecule has 0 fully saturated rings. The van der Waals surface area contributed by atoms with Gasteiger partial charge in [-0.15, -0.1) is 0 Å². The number of rotatable bonds is 9. The monoisotopic (exact) mass is 359 g/mol. The Balaban J connectivity index is 3.07. The van der Waals surface area contributed by atoms with Gasteiger partial charge in [0.05, 0.1) is 5.60 Å². The van der Waals surface area contributed by atoms with Gasteiger partial charge in [-0.05, 0) is 56.5 Å². The number of ether oxygens (including phenoxy) is 1. The normalized spacial score (nSPS) is 13.4. The Labute approximate surface area is 136 Å². The van der Waals surface area contributed by atoms with Crippen LogP contribution < -0.4 is 5.32 Å². The second-order valence-corrected chi connectivity index (χ2v) is 6.11. The molecule has 1 N–H and O–H groups in total. The van der Waals surface area contributed by atoms with E-state index in [2.05, 4.69) is 42.0 Å². The Hall–Kier alpha value is -0.450. The minimum absolute atomic E-state index is 0.163. The highest BCUT2D eigenvalue weighted by atomic mass is 79.9. The van der Waals surface area contributed by atoms with Crippen molar-refractivity contribution in [1.82, 2.24) is 5.32 Å². The van der Waals surface area contributed by atoms with Crippen LogP contribution in [0.15, 0.2) is 22.7 Å². The molecule has 0 aliphatic rings. The quantitative estimate of drug-likeness (QED) is 0.689. The summed E-state index contributed by atoms with van der Waals surface area (Å²) in [5.41, 5.74) is 0.767. The van der Waals surface area contributed by atoms with E-state index in [1.54, 1.807) is 12.1 Å². The molecular weight excluding hydrogens is 333 g/mol. The van der Waals surface area contributed by atoms with E-state index < -0.39 is 0 Å². The average Bonchev–Trinajstić information content (AvgIpc) is 2.48. The van der Waals surface area contributed by atoms with E-state index in [1.165, 1.54) is 6.07 Å². The molecule has 0 bridgehead atoms. The van der Waals surface area contributed by atoms with Gasteiger partial charge in [-0.1, -0.05) is 36.7 Å². The molecule has 1 unspecified atom stereocenters. The van der Waals surface area contributed by atoms with Gasteiger partial charge in [0.25, 0.3) is 0 Å². The highest BCUT2D eigenvalue weighted by Gasteiger charge is 2.36. The van der Waals surface area contributed by atoms with Gasteiger partial charge in [-0.25, -0.2) is 4.39 Å². The van der Waals surface area contributed by atoms with Gasteiger partial charge in [0, 0.05) is 17.1 Å². The number of benzene rings is 1. The third kappa shape index (κ3) is 4.76. The van der Waals surface area contributed by atoms with Crippen molar-refractivity contribution in [2.24, 2.45) is 0 Å². The molecule has 120 valence electrons. The Morgan fingerprint density at radius 1 is 1.24 bits per heavy atom. The summed E-state index contributed by atoms with van der Waals surface area (Å²) in [5, 5.41) is 3.54. The lowest BCUT2D eigenvalue weighted by Gasteiger charge is -2.40. The van der Waals surface area contributed by atoms with E-state index in [1.807, 2.05) is 6.92 Å². The van der Waals surface area contributed by atoms with Crippen molar-refractivity contribution in [2.45, 2.75) is 58.6 Å². The molecule has 1 rings (SSSR count). The van der Waals surface area contributed by atoms with Crippen molar-refractivity contribution in [3.63, 3.8) is 0 Å². The fourth-order valence-electron chi connectivity index (χ4n) is 2.95. The average molecular weight is 360 g/mol. The lowest BCUT2D eigenvalue weighted by atomic mass is 9.84. The molecule has 0 spiro atoms. The summed E-state index contributed by atoms with van der Waals surface area (Å²) >= 11 is 3.52. The molecular formula is C17H27BrFNO. The van der Waals surface area contributed by atoms with Crippen LogP contribution >= 0.6 is 15.9 Å². The fraction of sp³-hybridized carbons (Fsp3) is 0.647. The zero-order valence-electron chi connectivity index (χ0n) is 13.5. The van der Waals surface area contributed by atoms with Crippen LogP contribution in [0.2, 0.25) is 0 Å². The van der Waals surface area contributed by atoms with E-state index in [0.29, 0.717) is 6.61 Å².